The summed E-state index contributed by atoms with van der Waals surface area (Å²) in [5.41, 5.74) is -1.27. The Morgan fingerprint density at radius 1 is 0.800 bits per heavy atom. The second-order valence-electron chi connectivity index (χ2n) is 11.4. The monoisotopic (exact) mass is 692 g/mol. The number of hydrogen-bond acceptors (Lipinski definition) is 10. The number of fused-ring (bicyclic) bond motifs is 2. The van der Waals surface area contributed by atoms with Crippen LogP contribution in [0.4, 0.5) is 5.95 Å². The van der Waals surface area contributed by atoms with Crippen LogP contribution >= 0.6 is 15.9 Å². The van der Waals surface area contributed by atoms with E-state index in [1.165, 1.54) is 41.9 Å². The Morgan fingerprint density at radius 2 is 1.31 bits per heavy atom. The molecule has 0 aromatic carbocycles. The third-order valence-corrected chi connectivity index (χ3v) is 8.80. The number of imidazole rings is 2. The number of aliphatic carboxylic acids is 1. The molecule has 2 fully saturated rings. The molecule has 244 valence electrons. The van der Waals surface area contributed by atoms with Gasteiger partial charge in [0.05, 0.1) is 12.6 Å². The molecule has 0 aliphatic carbocycles. The molecule has 2 saturated heterocycles. The van der Waals surface area contributed by atoms with Gasteiger partial charge in [-0.15, -0.1) is 0 Å². The summed E-state index contributed by atoms with van der Waals surface area (Å²) in [5.74, 6) is -0.433. The first-order valence-electron chi connectivity index (χ1n) is 14.9. The summed E-state index contributed by atoms with van der Waals surface area (Å²) in [7, 11) is 3.05. The smallest absolute Gasteiger partial charge is 0.329 e. The van der Waals surface area contributed by atoms with Gasteiger partial charge in [-0.2, -0.15) is 4.98 Å². The Hall–Kier alpha value is -4.03. The molecule has 4 aromatic rings. The van der Waals surface area contributed by atoms with Crippen LogP contribution in [-0.4, -0.2) is 98.1 Å². The fourth-order valence-corrected chi connectivity index (χ4v) is 6.40. The molecule has 0 unspecified atom stereocenters. The van der Waals surface area contributed by atoms with E-state index in [4.69, 9.17) is 5.11 Å². The molecule has 45 heavy (non-hydrogen) atoms. The molecule has 1 atom stereocenters. The lowest BCUT2D eigenvalue weighted by Crippen LogP contribution is -2.39. The van der Waals surface area contributed by atoms with Gasteiger partial charge in [0.2, 0.25) is 5.95 Å². The number of aliphatic hydroxyl groups is 1. The van der Waals surface area contributed by atoms with Crippen molar-refractivity contribution in [3.8, 4) is 0 Å². The number of aromatic amines is 2. The molecule has 6 heterocycles. The predicted molar refractivity (Wildman–Crippen MR) is 169 cm³/mol. The van der Waals surface area contributed by atoms with Crippen LogP contribution in [0, 0.1) is 0 Å². The number of halogens is 1. The van der Waals surface area contributed by atoms with Gasteiger partial charge in [0.25, 0.3) is 11.1 Å². The van der Waals surface area contributed by atoms with Gasteiger partial charge >= 0.3 is 17.3 Å². The van der Waals surface area contributed by atoms with Crippen LogP contribution in [0.25, 0.3) is 22.3 Å². The molecule has 2 aliphatic heterocycles. The van der Waals surface area contributed by atoms with Crippen molar-refractivity contribution in [3.63, 3.8) is 0 Å². The molecular formula is C27H37BrN10O7. The molecule has 6 rings (SSSR count). The van der Waals surface area contributed by atoms with Gasteiger partial charge in [-0.1, -0.05) is 6.42 Å². The average Bonchev–Trinajstić information content (AvgIpc) is 3.54. The van der Waals surface area contributed by atoms with E-state index in [0.717, 1.165) is 43.6 Å². The fourth-order valence-electron chi connectivity index (χ4n) is 5.93. The van der Waals surface area contributed by atoms with Crippen molar-refractivity contribution in [1.29, 1.82) is 0 Å². The quantitative estimate of drug-likeness (QED) is 0.182. The van der Waals surface area contributed by atoms with Gasteiger partial charge in [0, 0.05) is 33.7 Å². The maximum Gasteiger partial charge on any atom is 0.329 e. The highest BCUT2D eigenvalue weighted by atomic mass is 79.9. The zero-order valence-electron chi connectivity index (χ0n) is 25.2. The summed E-state index contributed by atoms with van der Waals surface area (Å²) >= 11 is 3.05. The van der Waals surface area contributed by atoms with Crippen LogP contribution in [-0.2, 0) is 32.0 Å². The number of aliphatic hydroxyl groups excluding tert-OH is 1. The van der Waals surface area contributed by atoms with Crippen molar-refractivity contribution < 1.29 is 15.0 Å². The number of aromatic nitrogens is 8. The maximum atomic E-state index is 12.6. The Kier molecular flexibility index (Phi) is 9.73. The van der Waals surface area contributed by atoms with Crippen molar-refractivity contribution >= 4 is 50.2 Å². The Bertz CT molecular complexity index is 1940. The largest absolute Gasteiger partial charge is 0.480 e. The van der Waals surface area contributed by atoms with Crippen molar-refractivity contribution in [1.82, 2.24) is 43.1 Å². The highest BCUT2D eigenvalue weighted by molar-refractivity contribution is 9.10. The van der Waals surface area contributed by atoms with Crippen molar-refractivity contribution in [3.05, 3.63) is 46.4 Å². The highest BCUT2D eigenvalue weighted by Gasteiger charge is 2.25. The summed E-state index contributed by atoms with van der Waals surface area (Å²) in [6.45, 7) is 4.22. The minimum absolute atomic E-state index is 0.0429. The van der Waals surface area contributed by atoms with Crippen LogP contribution in [0.1, 0.15) is 38.5 Å². The Labute approximate surface area is 263 Å². The van der Waals surface area contributed by atoms with E-state index in [9.17, 15) is 29.1 Å². The predicted octanol–water partition coefficient (Wildman–Crippen LogP) is -0.469. The number of carboxylic acids is 1. The number of piperidine rings is 2. The number of nitrogens with one attached hydrogen (secondary N) is 2. The van der Waals surface area contributed by atoms with Gasteiger partial charge < -0.3 is 29.1 Å². The number of hydrogen-bond donors (Lipinski definition) is 4. The van der Waals surface area contributed by atoms with Gasteiger partial charge in [-0.3, -0.25) is 33.5 Å². The molecule has 18 heteroatoms. The number of nitrogens with zero attached hydrogens (tertiary/aromatic N) is 8. The Balaban J connectivity index is 0.000000201. The average molecular weight is 694 g/mol. The summed E-state index contributed by atoms with van der Waals surface area (Å²) < 4.78 is 5.68. The van der Waals surface area contributed by atoms with Crippen molar-refractivity contribution in [2.75, 3.05) is 37.6 Å². The first kappa shape index (κ1) is 32.4. The molecule has 0 amide bonds. The number of likely N-dealkylation sites (tertiary alicyclic amines) is 1. The molecule has 0 bridgehead atoms. The SMILES string of the molecule is Cn1c(=O)[nH]c(=O)c2c1nc(Br)n2CC(=O)O.Cn1c(=O)[nH]c(=O)c2c1nc(N1CCCCC1)n2C[C@H](O)CN1CCCCC1. The molecule has 2 aliphatic rings. The van der Waals surface area contributed by atoms with Gasteiger partial charge in [0.15, 0.2) is 27.1 Å². The number of aryl methyl sites for hydroxylation is 2. The molecule has 0 spiro atoms. The van der Waals surface area contributed by atoms with E-state index in [1.54, 1.807) is 7.05 Å². The van der Waals surface area contributed by atoms with Crippen LogP contribution in [0.5, 0.6) is 0 Å². The molecule has 17 nitrogen and oxygen atoms in total. The lowest BCUT2D eigenvalue weighted by molar-refractivity contribution is -0.137. The Morgan fingerprint density at radius 3 is 1.87 bits per heavy atom. The summed E-state index contributed by atoms with van der Waals surface area (Å²) in [6, 6.07) is 0. The molecule has 0 radical (unpaired) electrons. The van der Waals surface area contributed by atoms with Crippen LogP contribution < -0.4 is 27.4 Å². The lowest BCUT2D eigenvalue weighted by atomic mass is 10.1. The highest BCUT2D eigenvalue weighted by Crippen LogP contribution is 2.24. The topological polar surface area (TPSA) is 209 Å². The number of β-amino-alcohol motifs (C(OH)–C–C–N with tert-alkyl or cyclic N) is 1. The van der Waals surface area contributed by atoms with E-state index in [0.29, 0.717) is 30.2 Å². The van der Waals surface area contributed by atoms with Crippen molar-refractivity contribution in [2.24, 2.45) is 14.1 Å². The second kappa shape index (κ2) is 13.5. The summed E-state index contributed by atoms with van der Waals surface area (Å²) in [5, 5.41) is 19.5. The zero-order valence-corrected chi connectivity index (χ0v) is 26.7. The van der Waals surface area contributed by atoms with Gasteiger partial charge in [-0.05, 0) is 61.1 Å². The number of H-pyrrole nitrogens is 2. The third-order valence-electron chi connectivity index (χ3n) is 8.19. The number of anilines is 1. The van der Waals surface area contributed by atoms with Crippen LogP contribution in [0.15, 0.2) is 23.9 Å². The molecule has 0 saturated carbocycles. The molecule has 4 aromatic heterocycles. The minimum Gasteiger partial charge on any atom is -0.480 e. The van der Waals surface area contributed by atoms with E-state index < -0.39 is 41.1 Å². The second-order valence-corrected chi connectivity index (χ2v) is 12.1. The first-order valence-corrected chi connectivity index (χ1v) is 15.7. The van der Waals surface area contributed by atoms with Crippen molar-refractivity contribution in [2.45, 2.75) is 57.7 Å². The number of carboxylic acid groups (broad SMARTS) is 1. The van der Waals surface area contributed by atoms with Gasteiger partial charge in [0.1, 0.15) is 6.54 Å². The fraction of sp³-hybridized carbons (Fsp3) is 0.593. The summed E-state index contributed by atoms with van der Waals surface area (Å²) in [4.78, 5) is 75.8. The summed E-state index contributed by atoms with van der Waals surface area (Å²) in [6.07, 6.45) is 6.33. The van der Waals surface area contributed by atoms with E-state index >= 15 is 0 Å². The normalized spacial score (nSPS) is 16.6. The van der Waals surface area contributed by atoms with Crippen LogP contribution in [0.2, 0.25) is 0 Å². The van der Waals surface area contributed by atoms with Crippen LogP contribution in [0.3, 0.4) is 0 Å². The molecule has 4 N–H and O–H groups in total. The van der Waals surface area contributed by atoms with Gasteiger partial charge in [-0.25, -0.2) is 14.6 Å². The van der Waals surface area contributed by atoms with E-state index in [2.05, 4.69) is 45.7 Å². The third kappa shape index (κ3) is 6.81. The van der Waals surface area contributed by atoms with E-state index in [-0.39, 0.29) is 15.9 Å². The molecular weight excluding hydrogens is 656 g/mol. The lowest BCUT2D eigenvalue weighted by Gasteiger charge is -2.30. The van der Waals surface area contributed by atoms with E-state index in [1.807, 2.05) is 4.57 Å². The number of carbonyl (C=O) groups is 1. The maximum absolute atomic E-state index is 12.6. The minimum atomic E-state index is -1.11. The number of rotatable bonds is 7. The first-order chi connectivity index (χ1) is 21.5. The zero-order chi connectivity index (χ0) is 32.4. The standard InChI is InChI=1S/C19H30N6O3.C8H7BrN4O4/c1-22-16-15(17(27)21-19(22)28)25(18(20-16)24-10-6-3-7-11-24)13-14(26)12-23-8-4-2-5-9-23;1-12-5-4(6(16)11-8(12)17)13(2-3(14)15)7(9)10-5/h14,26H,2-13H2,1H3,(H,21,27,28);2H2,1H3,(H,14,15)(H,11,16,17)/t14-;/m1./s1.